The number of ether oxygens (including phenoxy) is 2. The molecule has 0 aromatic heterocycles. The summed E-state index contributed by atoms with van der Waals surface area (Å²) >= 11 is 0. The molecule has 0 N–H and O–H groups in total. The highest BCUT2D eigenvalue weighted by molar-refractivity contribution is 5.78. The van der Waals surface area contributed by atoms with Crippen molar-refractivity contribution >= 4 is 5.91 Å². The smallest absolute Gasteiger partial charge is 0.222 e. The van der Waals surface area contributed by atoms with Crippen molar-refractivity contribution in [3.05, 3.63) is 23.8 Å². The summed E-state index contributed by atoms with van der Waals surface area (Å²) < 4.78 is 11.3. The minimum absolute atomic E-state index is 0.132. The van der Waals surface area contributed by atoms with E-state index in [1.807, 2.05) is 19.9 Å². The van der Waals surface area contributed by atoms with Gasteiger partial charge in [-0.05, 0) is 50.8 Å². The average Bonchev–Trinajstić information content (AvgIpc) is 3.02. The van der Waals surface area contributed by atoms with E-state index in [4.69, 9.17) is 9.47 Å². The van der Waals surface area contributed by atoms with Gasteiger partial charge in [0.05, 0.1) is 13.2 Å². The fourth-order valence-corrected chi connectivity index (χ4v) is 3.86. The molecule has 0 spiro atoms. The van der Waals surface area contributed by atoms with Gasteiger partial charge in [0, 0.05) is 38.6 Å². The first-order valence-electron chi connectivity index (χ1n) is 9.42. The molecule has 0 atom stereocenters. The maximum absolute atomic E-state index is 11.9. The van der Waals surface area contributed by atoms with Crippen LogP contribution in [0.25, 0.3) is 0 Å². The monoisotopic (exact) mass is 346 g/mol. The lowest BCUT2D eigenvalue weighted by atomic mass is 10.0. The van der Waals surface area contributed by atoms with Gasteiger partial charge < -0.3 is 14.4 Å². The summed E-state index contributed by atoms with van der Waals surface area (Å²) in [7, 11) is 1.69. The van der Waals surface area contributed by atoms with Crippen LogP contribution in [0.3, 0.4) is 0 Å². The summed E-state index contributed by atoms with van der Waals surface area (Å²) in [6.45, 7) is 7.99. The van der Waals surface area contributed by atoms with Crippen molar-refractivity contribution in [1.82, 2.24) is 9.80 Å². The number of rotatable bonds is 6. The fraction of sp³-hybridized carbons (Fsp3) is 0.650. The summed E-state index contributed by atoms with van der Waals surface area (Å²) in [5.74, 6) is 1.94. The minimum Gasteiger partial charge on any atom is -0.493 e. The summed E-state index contributed by atoms with van der Waals surface area (Å²) in [5, 5.41) is 0. The topological polar surface area (TPSA) is 42.0 Å². The van der Waals surface area contributed by atoms with Gasteiger partial charge in [-0.1, -0.05) is 6.07 Å². The first-order chi connectivity index (χ1) is 12.1. The molecule has 2 heterocycles. The summed E-state index contributed by atoms with van der Waals surface area (Å²) in [6, 6.07) is 6.65. The van der Waals surface area contributed by atoms with E-state index in [-0.39, 0.29) is 6.10 Å². The zero-order valence-electron chi connectivity index (χ0n) is 15.7. The average molecular weight is 346 g/mol. The Morgan fingerprint density at radius 1 is 1.16 bits per heavy atom. The molecule has 138 valence electrons. The molecule has 0 radical (unpaired) electrons. The number of carbonyl (C=O) groups excluding carboxylic acids is 1. The van der Waals surface area contributed by atoms with Crippen LogP contribution in [0.5, 0.6) is 11.5 Å². The minimum atomic E-state index is 0.132. The molecule has 3 rings (SSSR count). The number of hydrogen-bond donors (Lipinski definition) is 0. The third-order valence-corrected chi connectivity index (χ3v) is 5.10. The molecule has 5 nitrogen and oxygen atoms in total. The normalized spacial score (nSPS) is 19.7. The second-order valence-electron chi connectivity index (χ2n) is 7.35. The van der Waals surface area contributed by atoms with E-state index in [0.717, 1.165) is 63.4 Å². The highest BCUT2D eigenvalue weighted by Crippen LogP contribution is 2.30. The van der Waals surface area contributed by atoms with Gasteiger partial charge in [0.25, 0.3) is 0 Å². The van der Waals surface area contributed by atoms with Crippen LogP contribution in [-0.4, -0.2) is 54.6 Å². The van der Waals surface area contributed by atoms with Crippen LogP contribution >= 0.6 is 0 Å². The highest BCUT2D eigenvalue weighted by Gasteiger charge is 2.30. The van der Waals surface area contributed by atoms with Gasteiger partial charge in [0.15, 0.2) is 11.5 Å². The second-order valence-corrected chi connectivity index (χ2v) is 7.35. The Labute approximate surface area is 150 Å². The van der Waals surface area contributed by atoms with Crippen LogP contribution in [0.1, 0.15) is 45.1 Å². The molecule has 2 fully saturated rings. The van der Waals surface area contributed by atoms with Gasteiger partial charge in [0.1, 0.15) is 0 Å². The van der Waals surface area contributed by atoms with Crippen LogP contribution < -0.4 is 9.47 Å². The van der Waals surface area contributed by atoms with Gasteiger partial charge in [-0.2, -0.15) is 0 Å². The Morgan fingerprint density at radius 2 is 1.92 bits per heavy atom. The van der Waals surface area contributed by atoms with Gasteiger partial charge in [-0.25, -0.2) is 0 Å². The number of amides is 1. The SMILES string of the molecule is COc1cc(CN2CCC(N3CCCC3=O)CC2)ccc1OC(C)C. The maximum atomic E-state index is 11.9. The lowest BCUT2D eigenvalue weighted by Gasteiger charge is -2.36. The van der Waals surface area contributed by atoms with Crippen molar-refractivity contribution in [2.24, 2.45) is 0 Å². The van der Waals surface area contributed by atoms with Gasteiger partial charge in [-0.15, -0.1) is 0 Å². The number of carbonyl (C=O) groups is 1. The predicted molar refractivity (Wildman–Crippen MR) is 98.0 cm³/mol. The Hall–Kier alpha value is -1.75. The molecule has 0 saturated carbocycles. The van der Waals surface area contributed by atoms with Crippen molar-refractivity contribution in [2.75, 3.05) is 26.7 Å². The molecule has 2 aliphatic heterocycles. The number of nitrogens with zero attached hydrogens (tertiary/aromatic N) is 2. The Bertz CT molecular complexity index is 595. The molecule has 1 aromatic rings. The quantitative estimate of drug-likeness (QED) is 0.794. The Balaban J connectivity index is 1.55. The first kappa shape index (κ1) is 18.1. The zero-order chi connectivity index (χ0) is 17.8. The van der Waals surface area contributed by atoms with Gasteiger partial charge in [0.2, 0.25) is 5.91 Å². The molecule has 25 heavy (non-hydrogen) atoms. The summed E-state index contributed by atoms with van der Waals surface area (Å²) in [6.07, 6.45) is 4.07. The van der Waals surface area contributed by atoms with Crippen molar-refractivity contribution in [3.63, 3.8) is 0 Å². The zero-order valence-corrected chi connectivity index (χ0v) is 15.7. The molecule has 0 bridgehead atoms. The van der Waals surface area contributed by atoms with E-state index >= 15 is 0 Å². The maximum Gasteiger partial charge on any atom is 0.222 e. The Morgan fingerprint density at radius 3 is 2.52 bits per heavy atom. The molecule has 2 aliphatic rings. The number of benzene rings is 1. The highest BCUT2D eigenvalue weighted by atomic mass is 16.5. The standard InChI is InChI=1S/C20H30N2O3/c1-15(2)25-18-7-6-16(13-19(18)24-3)14-21-11-8-17(9-12-21)22-10-4-5-20(22)23/h6-7,13,15,17H,4-5,8-12,14H2,1-3H3. The van der Waals surface area contributed by atoms with Crippen LogP contribution in [0.2, 0.25) is 0 Å². The van der Waals surface area contributed by atoms with Crippen molar-refractivity contribution in [2.45, 2.75) is 58.2 Å². The third-order valence-electron chi connectivity index (χ3n) is 5.10. The molecular weight excluding hydrogens is 316 g/mol. The van der Waals surface area contributed by atoms with E-state index in [2.05, 4.69) is 21.9 Å². The van der Waals surface area contributed by atoms with Gasteiger partial charge >= 0.3 is 0 Å². The number of methoxy groups -OCH3 is 1. The molecule has 0 unspecified atom stereocenters. The van der Waals surface area contributed by atoms with Gasteiger partial charge in [-0.3, -0.25) is 9.69 Å². The summed E-state index contributed by atoms with van der Waals surface area (Å²) in [4.78, 5) is 16.5. The van der Waals surface area contributed by atoms with E-state index < -0.39 is 0 Å². The molecule has 0 aliphatic carbocycles. The van der Waals surface area contributed by atoms with Crippen molar-refractivity contribution in [1.29, 1.82) is 0 Å². The van der Waals surface area contributed by atoms with E-state index in [9.17, 15) is 4.79 Å². The first-order valence-corrected chi connectivity index (χ1v) is 9.42. The lowest BCUT2D eigenvalue weighted by Crippen LogP contribution is -2.45. The lowest BCUT2D eigenvalue weighted by molar-refractivity contribution is -0.130. The fourth-order valence-electron chi connectivity index (χ4n) is 3.86. The molecule has 5 heteroatoms. The number of piperidine rings is 1. The molecular formula is C20H30N2O3. The van der Waals surface area contributed by atoms with Crippen LogP contribution in [-0.2, 0) is 11.3 Å². The molecule has 1 amide bonds. The van der Waals surface area contributed by atoms with E-state index in [0.29, 0.717) is 11.9 Å². The van der Waals surface area contributed by atoms with E-state index in [1.165, 1.54) is 5.56 Å². The predicted octanol–water partition coefficient (Wildman–Crippen LogP) is 3.07. The van der Waals surface area contributed by atoms with Crippen LogP contribution in [0.4, 0.5) is 0 Å². The molecule has 2 saturated heterocycles. The summed E-state index contributed by atoms with van der Waals surface area (Å²) in [5.41, 5.74) is 1.24. The number of hydrogen-bond acceptors (Lipinski definition) is 4. The van der Waals surface area contributed by atoms with Crippen LogP contribution in [0, 0.1) is 0 Å². The van der Waals surface area contributed by atoms with E-state index in [1.54, 1.807) is 7.11 Å². The van der Waals surface area contributed by atoms with Crippen molar-refractivity contribution < 1.29 is 14.3 Å². The second kappa shape index (κ2) is 8.09. The van der Waals surface area contributed by atoms with Crippen LogP contribution in [0.15, 0.2) is 18.2 Å². The Kier molecular flexibility index (Phi) is 5.84. The molecule has 1 aromatic carbocycles. The number of likely N-dealkylation sites (tertiary alicyclic amines) is 2. The largest absolute Gasteiger partial charge is 0.493 e. The third kappa shape index (κ3) is 4.46. The van der Waals surface area contributed by atoms with Crippen molar-refractivity contribution in [3.8, 4) is 11.5 Å².